The van der Waals surface area contributed by atoms with E-state index in [-0.39, 0.29) is 0 Å². The molecule has 128 valence electrons. The summed E-state index contributed by atoms with van der Waals surface area (Å²) in [5.41, 5.74) is 1.14. The van der Waals surface area contributed by atoms with E-state index in [1.54, 1.807) is 0 Å². The second-order valence-electron chi connectivity index (χ2n) is 6.03. The van der Waals surface area contributed by atoms with Crippen molar-refractivity contribution in [1.29, 1.82) is 0 Å². The molecule has 23 heavy (non-hydrogen) atoms. The van der Waals surface area contributed by atoms with Gasteiger partial charge in [0, 0.05) is 5.75 Å². The molecule has 0 saturated carbocycles. The van der Waals surface area contributed by atoms with Crippen LogP contribution in [0.1, 0.15) is 71.1 Å². The van der Waals surface area contributed by atoms with Gasteiger partial charge in [0.15, 0.2) is 4.34 Å². The van der Waals surface area contributed by atoms with Crippen molar-refractivity contribution in [3.05, 3.63) is 24.3 Å². The van der Waals surface area contributed by atoms with Crippen LogP contribution in [0, 0.1) is 0 Å². The maximum absolute atomic E-state index is 4.66. The van der Waals surface area contributed by atoms with Crippen LogP contribution >= 0.6 is 32.9 Å². The minimum atomic E-state index is 1.14. The highest BCUT2D eigenvalue weighted by atomic mass is 33.1. The molecule has 0 bridgehead atoms. The number of aromatic nitrogens is 1. The van der Waals surface area contributed by atoms with Crippen LogP contribution in [0.2, 0.25) is 0 Å². The third-order valence-corrected chi connectivity index (χ3v) is 7.77. The van der Waals surface area contributed by atoms with E-state index < -0.39 is 0 Å². The number of benzene rings is 1. The van der Waals surface area contributed by atoms with E-state index in [0.717, 1.165) is 5.52 Å². The molecule has 0 radical (unpaired) electrons. The Kier molecular flexibility index (Phi) is 10.2. The number of nitrogens with zero attached hydrogens (tertiary/aromatic N) is 1. The molecule has 4 heteroatoms. The zero-order valence-electron chi connectivity index (χ0n) is 14.3. The molecular formula is C19H29NS3. The molecule has 2 rings (SSSR count). The molecule has 1 aromatic carbocycles. The highest BCUT2D eigenvalue weighted by Crippen LogP contribution is 2.37. The summed E-state index contributed by atoms with van der Waals surface area (Å²) in [5.74, 6) is 1.25. The van der Waals surface area contributed by atoms with Crippen molar-refractivity contribution < 1.29 is 0 Å². The van der Waals surface area contributed by atoms with E-state index >= 15 is 0 Å². The van der Waals surface area contributed by atoms with Gasteiger partial charge in [0.2, 0.25) is 0 Å². The average molecular weight is 368 g/mol. The van der Waals surface area contributed by atoms with Crippen LogP contribution < -0.4 is 0 Å². The van der Waals surface area contributed by atoms with E-state index in [9.17, 15) is 0 Å². The fourth-order valence-electron chi connectivity index (χ4n) is 2.63. The summed E-state index contributed by atoms with van der Waals surface area (Å²) in [7, 11) is 3.81. The first-order chi connectivity index (χ1) is 11.4. The molecule has 0 aliphatic heterocycles. The van der Waals surface area contributed by atoms with Crippen molar-refractivity contribution in [2.75, 3.05) is 5.75 Å². The van der Waals surface area contributed by atoms with E-state index in [4.69, 9.17) is 0 Å². The fourth-order valence-corrected chi connectivity index (χ4v) is 6.13. The predicted molar refractivity (Wildman–Crippen MR) is 110 cm³/mol. The van der Waals surface area contributed by atoms with Gasteiger partial charge in [0.05, 0.1) is 10.2 Å². The Balaban J connectivity index is 1.42. The largest absolute Gasteiger partial charge is 0.229 e. The monoisotopic (exact) mass is 367 g/mol. The molecule has 1 aromatic heterocycles. The molecule has 0 atom stereocenters. The molecule has 0 amide bonds. The molecule has 0 saturated heterocycles. The van der Waals surface area contributed by atoms with E-state index in [1.165, 1.54) is 79.0 Å². The van der Waals surface area contributed by atoms with Crippen LogP contribution in [-0.2, 0) is 0 Å². The molecule has 0 N–H and O–H groups in total. The van der Waals surface area contributed by atoms with Crippen LogP contribution in [0.3, 0.4) is 0 Å². The Bertz CT molecular complexity index is 505. The van der Waals surface area contributed by atoms with Gasteiger partial charge in [-0.1, -0.05) is 87.6 Å². The lowest BCUT2D eigenvalue weighted by Crippen LogP contribution is -1.82. The predicted octanol–water partition coefficient (Wildman–Crippen LogP) is 7.96. The second kappa shape index (κ2) is 12.2. The molecule has 2 aromatic rings. The summed E-state index contributed by atoms with van der Waals surface area (Å²) in [4.78, 5) is 4.66. The molecule has 0 spiro atoms. The Morgan fingerprint density at radius 2 is 1.52 bits per heavy atom. The highest BCUT2D eigenvalue weighted by Gasteiger charge is 2.03. The number of fused-ring (bicyclic) bond motifs is 1. The Morgan fingerprint density at radius 3 is 2.22 bits per heavy atom. The second-order valence-corrected chi connectivity index (χ2v) is 9.73. The summed E-state index contributed by atoms with van der Waals surface area (Å²) in [5, 5.41) is 0. The first kappa shape index (κ1) is 19.1. The van der Waals surface area contributed by atoms with Crippen molar-refractivity contribution in [1.82, 2.24) is 4.98 Å². The zero-order valence-corrected chi connectivity index (χ0v) is 16.7. The molecule has 0 fully saturated rings. The van der Waals surface area contributed by atoms with Gasteiger partial charge in [-0.25, -0.2) is 4.98 Å². The third kappa shape index (κ3) is 7.95. The van der Waals surface area contributed by atoms with Crippen molar-refractivity contribution in [2.45, 2.75) is 75.5 Å². The SMILES string of the molecule is CCCCCCCCCCCCSSc1nc2ccccc2s1. The standard InChI is InChI=1S/C19H29NS3/c1-2-3-4-5-6-7-8-9-10-13-16-21-23-19-20-17-14-11-12-15-18(17)22-19/h11-12,14-15H,2-10,13,16H2,1H3. The van der Waals surface area contributed by atoms with Crippen molar-refractivity contribution >= 4 is 43.1 Å². The summed E-state index contributed by atoms with van der Waals surface area (Å²) in [6.07, 6.45) is 14.1. The van der Waals surface area contributed by atoms with Gasteiger partial charge in [-0.05, 0) is 29.3 Å². The fraction of sp³-hybridized carbons (Fsp3) is 0.632. The van der Waals surface area contributed by atoms with Crippen LogP contribution in [-0.4, -0.2) is 10.7 Å². The maximum Gasteiger partial charge on any atom is 0.161 e. The summed E-state index contributed by atoms with van der Waals surface area (Å²) < 4.78 is 2.50. The molecule has 1 nitrogen and oxygen atoms in total. The number of para-hydroxylation sites is 1. The van der Waals surface area contributed by atoms with Gasteiger partial charge in [-0.15, -0.1) is 11.3 Å². The topological polar surface area (TPSA) is 12.9 Å². The summed E-state index contributed by atoms with van der Waals surface area (Å²) >= 11 is 1.81. The lowest BCUT2D eigenvalue weighted by atomic mass is 10.1. The number of unbranched alkanes of at least 4 members (excludes halogenated alkanes) is 9. The summed E-state index contributed by atoms with van der Waals surface area (Å²) in [6.45, 7) is 2.28. The van der Waals surface area contributed by atoms with E-state index in [1.807, 2.05) is 32.9 Å². The number of thiazole rings is 1. The molecule has 1 heterocycles. The van der Waals surface area contributed by atoms with Gasteiger partial charge in [0.25, 0.3) is 0 Å². The molecular weight excluding hydrogens is 338 g/mol. The Labute approximate surface area is 153 Å². The van der Waals surface area contributed by atoms with Gasteiger partial charge >= 0.3 is 0 Å². The smallest absolute Gasteiger partial charge is 0.161 e. The van der Waals surface area contributed by atoms with E-state index in [2.05, 4.69) is 36.2 Å². The maximum atomic E-state index is 4.66. The first-order valence-electron chi connectivity index (χ1n) is 9.05. The lowest BCUT2D eigenvalue weighted by Gasteiger charge is -2.02. The first-order valence-corrected chi connectivity index (χ1v) is 12.2. The average Bonchev–Trinajstić information content (AvgIpc) is 2.98. The third-order valence-electron chi connectivity index (χ3n) is 3.99. The zero-order chi connectivity index (χ0) is 16.2. The Morgan fingerprint density at radius 1 is 0.870 bits per heavy atom. The lowest BCUT2D eigenvalue weighted by molar-refractivity contribution is 0.563. The van der Waals surface area contributed by atoms with Gasteiger partial charge in [-0.3, -0.25) is 0 Å². The summed E-state index contributed by atoms with van der Waals surface area (Å²) in [6, 6.07) is 8.41. The highest BCUT2D eigenvalue weighted by molar-refractivity contribution is 8.77. The molecule has 0 aliphatic rings. The quantitative estimate of drug-likeness (QED) is 0.263. The van der Waals surface area contributed by atoms with Crippen molar-refractivity contribution in [3.8, 4) is 0 Å². The van der Waals surface area contributed by atoms with Crippen LogP contribution in [0.4, 0.5) is 0 Å². The number of rotatable bonds is 13. The van der Waals surface area contributed by atoms with Crippen molar-refractivity contribution in [3.63, 3.8) is 0 Å². The van der Waals surface area contributed by atoms with Crippen LogP contribution in [0.25, 0.3) is 10.2 Å². The van der Waals surface area contributed by atoms with Gasteiger partial charge < -0.3 is 0 Å². The number of hydrogen-bond acceptors (Lipinski definition) is 4. The van der Waals surface area contributed by atoms with Crippen LogP contribution in [0.5, 0.6) is 0 Å². The molecule has 0 unspecified atom stereocenters. The van der Waals surface area contributed by atoms with Crippen LogP contribution in [0.15, 0.2) is 28.6 Å². The van der Waals surface area contributed by atoms with E-state index in [0.29, 0.717) is 0 Å². The number of hydrogen-bond donors (Lipinski definition) is 0. The molecule has 0 aliphatic carbocycles. The normalized spacial score (nSPS) is 11.3. The van der Waals surface area contributed by atoms with Gasteiger partial charge in [-0.2, -0.15) is 0 Å². The minimum absolute atomic E-state index is 1.14. The Hall–Kier alpha value is -0.190. The van der Waals surface area contributed by atoms with Crippen molar-refractivity contribution in [2.24, 2.45) is 0 Å². The minimum Gasteiger partial charge on any atom is -0.229 e. The van der Waals surface area contributed by atoms with Gasteiger partial charge in [0.1, 0.15) is 0 Å².